The molecule has 0 aromatic heterocycles. The van der Waals surface area contributed by atoms with Crippen molar-refractivity contribution < 1.29 is 0 Å². The van der Waals surface area contributed by atoms with E-state index in [9.17, 15) is 0 Å². The van der Waals surface area contributed by atoms with Crippen molar-refractivity contribution in [2.24, 2.45) is 17.6 Å². The van der Waals surface area contributed by atoms with Crippen LogP contribution in [0.2, 0.25) is 0 Å². The van der Waals surface area contributed by atoms with Gasteiger partial charge in [0.1, 0.15) is 0 Å². The smallest absolute Gasteiger partial charge is 0.00490 e. The molecular formula is C8H19N. The molecule has 0 bridgehead atoms. The molecule has 56 valence electrons. The summed E-state index contributed by atoms with van der Waals surface area (Å²) in [7, 11) is 0. The van der Waals surface area contributed by atoms with E-state index < -0.39 is 0 Å². The first kappa shape index (κ1) is 8.96. The molecule has 0 amide bonds. The molecule has 2 N–H and O–H groups in total. The summed E-state index contributed by atoms with van der Waals surface area (Å²) < 4.78 is 0. The van der Waals surface area contributed by atoms with Crippen LogP contribution >= 0.6 is 0 Å². The number of hydrogen-bond donors (Lipinski definition) is 1. The van der Waals surface area contributed by atoms with Crippen LogP contribution < -0.4 is 5.73 Å². The van der Waals surface area contributed by atoms with E-state index in [1.807, 2.05) is 0 Å². The van der Waals surface area contributed by atoms with Crippen molar-refractivity contribution in [2.75, 3.05) is 6.54 Å². The minimum Gasteiger partial charge on any atom is -0.330 e. The van der Waals surface area contributed by atoms with E-state index in [1.165, 1.54) is 12.8 Å². The standard InChI is InChI=1S/C8H19N/c1-4-5-7(2)8(3)6-9/h7-8H,4-6,9H2,1-3H3. The van der Waals surface area contributed by atoms with Gasteiger partial charge in [0.25, 0.3) is 0 Å². The van der Waals surface area contributed by atoms with Gasteiger partial charge < -0.3 is 5.73 Å². The van der Waals surface area contributed by atoms with Gasteiger partial charge in [-0.05, 0) is 18.4 Å². The molecule has 0 heterocycles. The van der Waals surface area contributed by atoms with Crippen molar-refractivity contribution in [2.45, 2.75) is 33.6 Å². The molecule has 0 aliphatic carbocycles. The Hall–Kier alpha value is -0.0400. The Kier molecular flexibility index (Phi) is 4.78. The van der Waals surface area contributed by atoms with Crippen LogP contribution in [0.25, 0.3) is 0 Å². The Bertz CT molecular complexity index is 61.6. The summed E-state index contributed by atoms with van der Waals surface area (Å²) in [5.74, 6) is 1.50. The van der Waals surface area contributed by atoms with Crippen LogP contribution in [0.15, 0.2) is 0 Å². The van der Waals surface area contributed by atoms with Crippen molar-refractivity contribution in [3.8, 4) is 0 Å². The largest absolute Gasteiger partial charge is 0.330 e. The zero-order chi connectivity index (χ0) is 7.28. The van der Waals surface area contributed by atoms with Gasteiger partial charge in [-0.15, -0.1) is 0 Å². The Labute approximate surface area is 58.6 Å². The van der Waals surface area contributed by atoms with E-state index >= 15 is 0 Å². The third-order valence-electron chi connectivity index (χ3n) is 2.09. The third-order valence-corrected chi connectivity index (χ3v) is 2.09. The van der Waals surface area contributed by atoms with Crippen molar-refractivity contribution in [3.63, 3.8) is 0 Å². The van der Waals surface area contributed by atoms with E-state index in [4.69, 9.17) is 5.73 Å². The van der Waals surface area contributed by atoms with Crippen LogP contribution in [0, 0.1) is 11.8 Å². The first-order valence-electron chi connectivity index (χ1n) is 3.92. The fraction of sp³-hybridized carbons (Fsp3) is 1.00. The number of rotatable bonds is 4. The highest BCUT2D eigenvalue weighted by Crippen LogP contribution is 2.14. The lowest BCUT2D eigenvalue weighted by molar-refractivity contribution is 0.369. The van der Waals surface area contributed by atoms with Crippen molar-refractivity contribution >= 4 is 0 Å². The van der Waals surface area contributed by atoms with Gasteiger partial charge in [0, 0.05) is 0 Å². The molecule has 0 fully saturated rings. The highest BCUT2D eigenvalue weighted by atomic mass is 14.5. The van der Waals surface area contributed by atoms with E-state index in [2.05, 4.69) is 20.8 Å². The first-order chi connectivity index (χ1) is 4.22. The average Bonchev–Trinajstić information content (AvgIpc) is 1.87. The Morgan fingerprint density at radius 2 is 1.78 bits per heavy atom. The van der Waals surface area contributed by atoms with Crippen molar-refractivity contribution in [1.29, 1.82) is 0 Å². The molecule has 1 nitrogen and oxygen atoms in total. The van der Waals surface area contributed by atoms with Gasteiger partial charge in [0.2, 0.25) is 0 Å². The van der Waals surface area contributed by atoms with Crippen LogP contribution in [-0.2, 0) is 0 Å². The maximum atomic E-state index is 5.50. The maximum Gasteiger partial charge on any atom is -0.00490 e. The molecule has 0 aromatic carbocycles. The van der Waals surface area contributed by atoms with Crippen LogP contribution in [0.3, 0.4) is 0 Å². The van der Waals surface area contributed by atoms with Crippen molar-refractivity contribution in [3.05, 3.63) is 0 Å². The zero-order valence-corrected chi connectivity index (χ0v) is 6.85. The molecule has 0 aromatic rings. The summed E-state index contributed by atoms with van der Waals surface area (Å²) in [6.45, 7) is 7.56. The second-order valence-corrected chi connectivity index (χ2v) is 2.98. The molecule has 0 rings (SSSR count). The van der Waals surface area contributed by atoms with Crippen LogP contribution in [-0.4, -0.2) is 6.54 Å². The lowest BCUT2D eigenvalue weighted by atomic mass is 9.92. The SMILES string of the molecule is CCCC(C)C(C)CN. The highest BCUT2D eigenvalue weighted by Gasteiger charge is 2.07. The predicted molar refractivity (Wildman–Crippen MR) is 42.3 cm³/mol. The molecule has 0 aliphatic heterocycles. The normalized spacial score (nSPS) is 17.3. The van der Waals surface area contributed by atoms with E-state index in [1.54, 1.807) is 0 Å². The van der Waals surface area contributed by atoms with Gasteiger partial charge in [-0.25, -0.2) is 0 Å². The lowest BCUT2D eigenvalue weighted by Crippen LogP contribution is -2.18. The second kappa shape index (κ2) is 4.80. The molecule has 0 aliphatic rings. The van der Waals surface area contributed by atoms with Crippen molar-refractivity contribution in [1.82, 2.24) is 0 Å². The second-order valence-electron chi connectivity index (χ2n) is 2.98. The molecule has 0 radical (unpaired) electrons. The summed E-state index contributed by atoms with van der Waals surface area (Å²) in [4.78, 5) is 0. The minimum absolute atomic E-state index is 0.699. The van der Waals surface area contributed by atoms with E-state index in [0.29, 0.717) is 5.92 Å². The van der Waals surface area contributed by atoms with Gasteiger partial charge in [0.05, 0.1) is 0 Å². The predicted octanol–water partition coefficient (Wildman–Crippen LogP) is 2.02. The summed E-state index contributed by atoms with van der Waals surface area (Å²) in [5.41, 5.74) is 5.50. The number of hydrogen-bond acceptors (Lipinski definition) is 1. The quantitative estimate of drug-likeness (QED) is 0.617. The fourth-order valence-corrected chi connectivity index (χ4v) is 0.972. The third kappa shape index (κ3) is 3.52. The topological polar surface area (TPSA) is 26.0 Å². The zero-order valence-electron chi connectivity index (χ0n) is 6.85. The molecule has 0 saturated heterocycles. The molecule has 0 saturated carbocycles. The monoisotopic (exact) mass is 129 g/mol. The van der Waals surface area contributed by atoms with Gasteiger partial charge in [-0.3, -0.25) is 0 Å². The van der Waals surface area contributed by atoms with E-state index in [-0.39, 0.29) is 0 Å². The number of nitrogens with two attached hydrogens (primary N) is 1. The van der Waals surface area contributed by atoms with Gasteiger partial charge in [-0.1, -0.05) is 33.6 Å². The van der Waals surface area contributed by atoms with Gasteiger partial charge in [0.15, 0.2) is 0 Å². The van der Waals surface area contributed by atoms with Gasteiger partial charge >= 0.3 is 0 Å². The minimum atomic E-state index is 0.699. The van der Waals surface area contributed by atoms with Crippen LogP contribution in [0.4, 0.5) is 0 Å². The summed E-state index contributed by atoms with van der Waals surface area (Å²) >= 11 is 0. The highest BCUT2D eigenvalue weighted by molar-refractivity contribution is 4.60. The maximum absolute atomic E-state index is 5.50. The Morgan fingerprint density at radius 3 is 2.11 bits per heavy atom. The molecule has 2 unspecified atom stereocenters. The summed E-state index contributed by atoms with van der Waals surface area (Å²) in [5, 5.41) is 0. The van der Waals surface area contributed by atoms with Crippen LogP contribution in [0.5, 0.6) is 0 Å². The van der Waals surface area contributed by atoms with E-state index in [0.717, 1.165) is 12.5 Å². The Balaban J connectivity index is 3.32. The molecular weight excluding hydrogens is 110 g/mol. The lowest BCUT2D eigenvalue weighted by Gasteiger charge is -2.16. The summed E-state index contributed by atoms with van der Waals surface area (Å²) in [6, 6.07) is 0. The molecule has 2 atom stereocenters. The summed E-state index contributed by atoms with van der Waals surface area (Å²) in [6.07, 6.45) is 2.60. The van der Waals surface area contributed by atoms with Crippen LogP contribution in [0.1, 0.15) is 33.6 Å². The molecule has 0 spiro atoms. The fourth-order valence-electron chi connectivity index (χ4n) is 0.972. The Morgan fingerprint density at radius 1 is 1.22 bits per heavy atom. The first-order valence-corrected chi connectivity index (χ1v) is 3.92. The molecule has 1 heteroatoms. The average molecular weight is 129 g/mol. The molecule has 9 heavy (non-hydrogen) atoms. The van der Waals surface area contributed by atoms with Gasteiger partial charge in [-0.2, -0.15) is 0 Å².